The van der Waals surface area contributed by atoms with Gasteiger partial charge in [-0.3, -0.25) is 4.79 Å². The molecule has 5 nitrogen and oxygen atoms in total. The topological polar surface area (TPSA) is 92.8 Å². The summed E-state index contributed by atoms with van der Waals surface area (Å²) in [6.45, 7) is 3.27. The SMILES string of the molecule is COC(=O)C(C)(C)[C@H](N)c1ccc(O)cc1O. The van der Waals surface area contributed by atoms with Crippen molar-refractivity contribution in [1.29, 1.82) is 0 Å². The first kappa shape index (κ1) is 13.3. The number of aromatic hydroxyl groups is 2. The molecule has 5 heteroatoms. The van der Waals surface area contributed by atoms with Crippen LogP contribution in [-0.2, 0) is 9.53 Å². The molecule has 0 aliphatic carbocycles. The first-order valence-electron chi connectivity index (χ1n) is 5.16. The van der Waals surface area contributed by atoms with Crippen LogP contribution in [0.4, 0.5) is 0 Å². The number of phenolic OH excluding ortho intramolecular Hbond substituents is 2. The van der Waals surface area contributed by atoms with Crippen LogP contribution in [0.3, 0.4) is 0 Å². The van der Waals surface area contributed by atoms with Crippen LogP contribution < -0.4 is 5.73 Å². The van der Waals surface area contributed by atoms with Gasteiger partial charge in [0.1, 0.15) is 11.5 Å². The Morgan fingerprint density at radius 2 is 2.00 bits per heavy atom. The molecule has 0 bridgehead atoms. The zero-order valence-corrected chi connectivity index (χ0v) is 10.1. The molecule has 1 aromatic carbocycles. The van der Waals surface area contributed by atoms with E-state index in [0.29, 0.717) is 5.56 Å². The molecule has 1 aromatic rings. The van der Waals surface area contributed by atoms with E-state index in [1.807, 2.05) is 0 Å². The van der Waals surface area contributed by atoms with Crippen LogP contribution in [0.5, 0.6) is 11.5 Å². The summed E-state index contributed by atoms with van der Waals surface area (Å²) in [4.78, 5) is 11.6. The Bertz CT molecular complexity index is 429. The van der Waals surface area contributed by atoms with E-state index in [0.717, 1.165) is 0 Å². The lowest BCUT2D eigenvalue weighted by atomic mass is 9.80. The Morgan fingerprint density at radius 1 is 1.41 bits per heavy atom. The second kappa shape index (κ2) is 4.63. The number of ether oxygens (including phenoxy) is 1. The van der Waals surface area contributed by atoms with Gasteiger partial charge >= 0.3 is 5.97 Å². The van der Waals surface area contributed by atoms with Crippen molar-refractivity contribution in [3.63, 3.8) is 0 Å². The van der Waals surface area contributed by atoms with Crippen LogP contribution in [0.1, 0.15) is 25.5 Å². The van der Waals surface area contributed by atoms with Crippen molar-refractivity contribution in [2.24, 2.45) is 11.1 Å². The summed E-state index contributed by atoms with van der Waals surface area (Å²) in [6.07, 6.45) is 0. The number of methoxy groups -OCH3 is 1. The van der Waals surface area contributed by atoms with Gasteiger partial charge in [0.05, 0.1) is 12.5 Å². The second-order valence-electron chi connectivity index (χ2n) is 4.43. The molecule has 0 fully saturated rings. The van der Waals surface area contributed by atoms with Crippen molar-refractivity contribution in [3.8, 4) is 11.5 Å². The van der Waals surface area contributed by atoms with Gasteiger partial charge < -0.3 is 20.7 Å². The van der Waals surface area contributed by atoms with E-state index >= 15 is 0 Å². The molecule has 17 heavy (non-hydrogen) atoms. The third-order valence-electron chi connectivity index (χ3n) is 2.84. The summed E-state index contributed by atoms with van der Waals surface area (Å²) in [5.74, 6) is -0.665. The average Bonchev–Trinajstić information content (AvgIpc) is 2.27. The monoisotopic (exact) mass is 239 g/mol. The van der Waals surface area contributed by atoms with Crippen LogP contribution in [-0.4, -0.2) is 23.3 Å². The molecule has 4 N–H and O–H groups in total. The summed E-state index contributed by atoms with van der Waals surface area (Å²) >= 11 is 0. The first-order valence-corrected chi connectivity index (χ1v) is 5.16. The predicted molar refractivity (Wildman–Crippen MR) is 62.5 cm³/mol. The van der Waals surface area contributed by atoms with Crippen LogP contribution in [0, 0.1) is 5.41 Å². The normalized spacial score (nSPS) is 13.2. The molecule has 1 atom stereocenters. The minimum Gasteiger partial charge on any atom is -0.508 e. The number of hydrogen-bond acceptors (Lipinski definition) is 5. The van der Waals surface area contributed by atoms with Gasteiger partial charge in [0.15, 0.2) is 0 Å². The fourth-order valence-corrected chi connectivity index (χ4v) is 1.57. The van der Waals surface area contributed by atoms with Gasteiger partial charge in [-0.15, -0.1) is 0 Å². The summed E-state index contributed by atoms with van der Waals surface area (Å²) in [7, 11) is 1.29. The van der Waals surface area contributed by atoms with E-state index in [2.05, 4.69) is 4.74 Å². The Kier molecular flexibility index (Phi) is 3.63. The number of carbonyl (C=O) groups excluding carboxylic acids is 1. The number of carbonyl (C=O) groups is 1. The molecule has 0 amide bonds. The Morgan fingerprint density at radius 3 is 2.47 bits per heavy atom. The smallest absolute Gasteiger partial charge is 0.313 e. The molecule has 0 spiro atoms. The second-order valence-corrected chi connectivity index (χ2v) is 4.43. The third kappa shape index (κ3) is 2.50. The fourth-order valence-electron chi connectivity index (χ4n) is 1.57. The maximum Gasteiger partial charge on any atom is 0.313 e. The van der Waals surface area contributed by atoms with E-state index < -0.39 is 17.4 Å². The van der Waals surface area contributed by atoms with Crippen molar-refractivity contribution in [2.45, 2.75) is 19.9 Å². The van der Waals surface area contributed by atoms with Gasteiger partial charge in [0.2, 0.25) is 0 Å². The van der Waals surface area contributed by atoms with E-state index in [-0.39, 0.29) is 11.5 Å². The Hall–Kier alpha value is -1.75. The van der Waals surface area contributed by atoms with Gasteiger partial charge in [0.25, 0.3) is 0 Å². The largest absolute Gasteiger partial charge is 0.508 e. The van der Waals surface area contributed by atoms with Gasteiger partial charge in [-0.2, -0.15) is 0 Å². The average molecular weight is 239 g/mol. The number of hydrogen-bond donors (Lipinski definition) is 3. The summed E-state index contributed by atoms with van der Waals surface area (Å²) in [5.41, 5.74) is 5.38. The van der Waals surface area contributed by atoms with Crippen LogP contribution in [0.25, 0.3) is 0 Å². The summed E-state index contributed by atoms with van der Waals surface area (Å²) in [5, 5.41) is 18.9. The molecule has 0 saturated carbocycles. The number of benzene rings is 1. The van der Waals surface area contributed by atoms with E-state index in [4.69, 9.17) is 5.73 Å². The lowest BCUT2D eigenvalue weighted by molar-refractivity contribution is -0.152. The van der Waals surface area contributed by atoms with Crippen molar-refractivity contribution < 1.29 is 19.7 Å². The van der Waals surface area contributed by atoms with Gasteiger partial charge in [-0.25, -0.2) is 0 Å². The third-order valence-corrected chi connectivity index (χ3v) is 2.84. The number of rotatable bonds is 3. The molecular weight excluding hydrogens is 222 g/mol. The van der Waals surface area contributed by atoms with E-state index in [1.54, 1.807) is 13.8 Å². The quantitative estimate of drug-likeness (QED) is 0.691. The summed E-state index contributed by atoms with van der Waals surface area (Å²) < 4.78 is 4.67. The Labute approximate surface area is 99.8 Å². The van der Waals surface area contributed by atoms with E-state index in [1.165, 1.54) is 25.3 Å². The zero-order chi connectivity index (χ0) is 13.2. The highest BCUT2D eigenvalue weighted by atomic mass is 16.5. The number of phenols is 2. The molecule has 0 aliphatic heterocycles. The Balaban J connectivity index is 3.11. The highest BCUT2D eigenvalue weighted by molar-refractivity contribution is 5.77. The molecule has 94 valence electrons. The molecule has 1 rings (SSSR count). The molecular formula is C12H17NO4. The lowest BCUT2D eigenvalue weighted by Crippen LogP contribution is -2.37. The van der Waals surface area contributed by atoms with Crippen LogP contribution in [0.15, 0.2) is 18.2 Å². The lowest BCUT2D eigenvalue weighted by Gasteiger charge is -2.29. The molecule has 0 saturated heterocycles. The van der Waals surface area contributed by atoms with Gasteiger partial charge in [-0.05, 0) is 19.9 Å². The number of nitrogens with two attached hydrogens (primary N) is 1. The number of esters is 1. The fraction of sp³-hybridized carbons (Fsp3) is 0.417. The van der Waals surface area contributed by atoms with Crippen molar-refractivity contribution >= 4 is 5.97 Å². The molecule has 0 aliphatic rings. The molecule has 0 radical (unpaired) electrons. The summed E-state index contributed by atoms with van der Waals surface area (Å²) in [6, 6.07) is 3.35. The molecule has 0 aromatic heterocycles. The highest BCUT2D eigenvalue weighted by Gasteiger charge is 2.37. The first-order chi connectivity index (χ1) is 7.80. The van der Waals surface area contributed by atoms with E-state index in [9.17, 15) is 15.0 Å². The van der Waals surface area contributed by atoms with Crippen LogP contribution >= 0.6 is 0 Å². The van der Waals surface area contributed by atoms with Gasteiger partial charge in [-0.1, -0.05) is 6.07 Å². The highest BCUT2D eigenvalue weighted by Crippen LogP contribution is 2.37. The van der Waals surface area contributed by atoms with Crippen molar-refractivity contribution in [3.05, 3.63) is 23.8 Å². The van der Waals surface area contributed by atoms with Gasteiger partial charge in [0, 0.05) is 17.7 Å². The van der Waals surface area contributed by atoms with Crippen molar-refractivity contribution in [1.82, 2.24) is 0 Å². The van der Waals surface area contributed by atoms with Crippen molar-refractivity contribution in [2.75, 3.05) is 7.11 Å². The molecule has 0 heterocycles. The maximum absolute atomic E-state index is 11.6. The minimum atomic E-state index is -0.969. The molecule has 0 unspecified atom stereocenters. The zero-order valence-electron chi connectivity index (χ0n) is 10.1. The minimum absolute atomic E-state index is 0.0608. The maximum atomic E-state index is 11.6. The standard InChI is InChI=1S/C12H17NO4/c1-12(2,11(16)17-3)10(13)8-5-4-7(14)6-9(8)15/h4-6,10,14-15H,13H2,1-3H3/t10-/m1/s1. The predicted octanol–water partition coefficient (Wildman–Crippen LogP) is 1.30. The van der Waals surface area contributed by atoms with Crippen LogP contribution in [0.2, 0.25) is 0 Å².